The molecule has 1 aliphatic rings. The summed E-state index contributed by atoms with van der Waals surface area (Å²) in [7, 11) is -1.56. The Labute approximate surface area is 172 Å². The van der Waals surface area contributed by atoms with Crippen molar-refractivity contribution in [3.63, 3.8) is 0 Å². The predicted octanol–water partition coefficient (Wildman–Crippen LogP) is 3.28. The summed E-state index contributed by atoms with van der Waals surface area (Å²) >= 11 is 0. The monoisotopic (exact) mass is 416 g/mol. The molecule has 1 atom stereocenters. The zero-order valence-electron chi connectivity index (χ0n) is 17.1. The highest BCUT2D eigenvalue weighted by Crippen LogP contribution is 2.23. The summed E-state index contributed by atoms with van der Waals surface area (Å²) in [4.78, 5) is 14.9. The third kappa shape index (κ3) is 5.16. The smallest absolute Gasteiger partial charge is 0.228 e. The molecule has 1 aliphatic heterocycles. The standard InChI is InChI=1S/C22H28N2O4S/c1-16(2)29(26,27)21-10-4-17(5-11-21)14-22(25)23-18-6-8-19(9-7-18)24-13-12-20(15-24)28-3/h4-11,16,20H,12-15H2,1-3H3,(H,23,25). The lowest BCUT2D eigenvalue weighted by Gasteiger charge is -2.18. The van der Waals surface area contributed by atoms with E-state index in [0.717, 1.165) is 36.4 Å². The molecule has 156 valence electrons. The highest BCUT2D eigenvalue weighted by atomic mass is 32.2. The highest BCUT2D eigenvalue weighted by Gasteiger charge is 2.22. The van der Waals surface area contributed by atoms with E-state index in [0.29, 0.717) is 0 Å². The number of hydrogen-bond donors (Lipinski definition) is 1. The second-order valence-electron chi connectivity index (χ2n) is 7.60. The molecule has 1 amide bonds. The molecule has 0 spiro atoms. The Morgan fingerprint density at radius 1 is 1.14 bits per heavy atom. The van der Waals surface area contributed by atoms with E-state index < -0.39 is 15.1 Å². The van der Waals surface area contributed by atoms with Crippen LogP contribution in [0.2, 0.25) is 0 Å². The van der Waals surface area contributed by atoms with Gasteiger partial charge in [-0.1, -0.05) is 12.1 Å². The van der Waals surface area contributed by atoms with Crippen molar-refractivity contribution in [2.75, 3.05) is 30.4 Å². The van der Waals surface area contributed by atoms with Gasteiger partial charge in [-0.2, -0.15) is 0 Å². The summed E-state index contributed by atoms with van der Waals surface area (Å²) in [6.45, 7) is 5.15. The van der Waals surface area contributed by atoms with Crippen molar-refractivity contribution in [3.05, 3.63) is 54.1 Å². The molecular weight excluding hydrogens is 388 g/mol. The molecule has 0 aromatic heterocycles. The number of nitrogens with one attached hydrogen (secondary N) is 1. The van der Waals surface area contributed by atoms with Crippen molar-refractivity contribution < 1.29 is 17.9 Å². The average molecular weight is 417 g/mol. The lowest BCUT2D eigenvalue weighted by atomic mass is 10.1. The van der Waals surface area contributed by atoms with Crippen LogP contribution in [-0.4, -0.2) is 45.9 Å². The summed E-state index contributed by atoms with van der Waals surface area (Å²) in [6, 6.07) is 14.3. The lowest BCUT2D eigenvalue weighted by Crippen LogP contribution is -2.22. The van der Waals surface area contributed by atoms with Crippen LogP contribution in [-0.2, 0) is 25.8 Å². The van der Waals surface area contributed by atoms with E-state index in [-0.39, 0.29) is 23.3 Å². The van der Waals surface area contributed by atoms with Crippen molar-refractivity contribution >= 4 is 27.1 Å². The van der Waals surface area contributed by atoms with E-state index in [2.05, 4.69) is 10.2 Å². The summed E-state index contributed by atoms with van der Waals surface area (Å²) in [5.41, 5.74) is 2.62. The minimum Gasteiger partial charge on any atom is -0.380 e. The van der Waals surface area contributed by atoms with Crippen LogP contribution in [0.3, 0.4) is 0 Å². The van der Waals surface area contributed by atoms with Gasteiger partial charge in [0.2, 0.25) is 5.91 Å². The largest absolute Gasteiger partial charge is 0.380 e. The molecule has 1 unspecified atom stereocenters. The fourth-order valence-corrected chi connectivity index (χ4v) is 4.43. The predicted molar refractivity (Wildman–Crippen MR) is 115 cm³/mol. The Kier molecular flexibility index (Phi) is 6.59. The number of amides is 1. The van der Waals surface area contributed by atoms with Crippen LogP contribution in [0.15, 0.2) is 53.4 Å². The first kappa shape index (κ1) is 21.3. The number of benzene rings is 2. The molecule has 0 bridgehead atoms. The van der Waals surface area contributed by atoms with Gasteiger partial charge < -0.3 is 15.0 Å². The number of hydrogen-bond acceptors (Lipinski definition) is 5. The SMILES string of the molecule is COC1CCN(c2ccc(NC(=O)Cc3ccc(S(=O)(=O)C(C)C)cc3)cc2)C1. The molecule has 0 saturated carbocycles. The number of carbonyl (C=O) groups excluding carboxylic acids is 1. The normalized spacial score (nSPS) is 17.0. The molecule has 0 radical (unpaired) electrons. The first-order valence-corrected chi connectivity index (χ1v) is 11.3. The molecule has 1 saturated heterocycles. The highest BCUT2D eigenvalue weighted by molar-refractivity contribution is 7.92. The minimum absolute atomic E-state index is 0.141. The molecule has 29 heavy (non-hydrogen) atoms. The van der Waals surface area contributed by atoms with Gasteiger partial charge in [0.05, 0.1) is 22.7 Å². The van der Waals surface area contributed by atoms with E-state index >= 15 is 0 Å². The fourth-order valence-electron chi connectivity index (χ4n) is 3.37. The topological polar surface area (TPSA) is 75.7 Å². The van der Waals surface area contributed by atoms with Crippen molar-refractivity contribution in [1.29, 1.82) is 0 Å². The maximum absolute atomic E-state index is 12.3. The Morgan fingerprint density at radius 2 is 1.79 bits per heavy atom. The van der Waals surface area contributed by atoms with E-state index in [1.807, 2.05) is 24.3 Å². The fraction of sp³-hybridized carbons (Fsp3) is 0.409. The van der Waals surface area contributed by atoms with Gasteiger partial charge in [0.15, 0.2) is 9.84 Å². The molecule has 7 heteroatoms. The Bertz CT molecular complexity index is 938. The maximum atomic E-state index is 12.3. The molecule has 6 nitrogen and oxygen atoms in total. The van der Waals surface area contributed by atoms with Crippen molar-refractivity contribution in [2.24, 2.45) is 0 Å². The van der Waals surface area contributed by atoms with Crippen LogP contribution in [0, 0.1) is 0 Å². The average Bonchev–Trinajstić information content (AvgIpc) is 3.18. The third-order valence-corrected chi connectivity index (χ3v) is 7.40. The maximum Gasteiger partial charge on any atom is 0.228 e. The van der Waals surface area contributed by atoms with Gasteiger partial charge in [-0.25, -0.2) is 8.42 Å². The molecule has 2 aromatic carbocycles. The van der Waals surface area contributed by atoms with Crippen LogP contribution < -0.4 is 10.2 Å². The summed E-state index contributed by atoms with van der Waals surface area (Å²) in [5, 5.41) is 2.42. The van der Waals surface area contributed by atoms with Crippen LogP contribution in [0.1, 0.15) is 25.8 Å². The molecule has 1 N–H and O–H groups in total. The Hall–Kier alpha value is -2.38. The zero-order chi connectivity index (χ0) is 21.0. The number of sulfone groups is 1. The van der Waals surface area contributed by atoms with Gasteiger partial charge in [-0.15, -0.1) is 0 Å². The quantitative estimate of drug-likeness (QED) is 0.750. The summed E-state index contributed by atoms with van der Waals surface area (Å²) < 4.78 is 29.8. The van der Waals surface area contributed by atoms with Gasteiger partial charge in [-0.3, -0.25) is 4.79 Å². The van der Waals surface area contributed by atoms with Crippen LogP contribution in [0.25, 0.3) is 0 Å². The van der Waals surface area contributed by atoms with Crippen molar-refractivity contribution in [1.82, 2.24) is 0 Å². The van der Waals surface area contributed by atoms with Crippen LogP contribution >= 0.6 is 0 Å². The van der Waals surface area contributed by atoms with Gasteiger partial charge in [-0.05, 0) is 62.2 Å². The van der Waals surface area contributed by atoms with E-state index in [4.69, 9.17) is 4.74 Å². The van der Waals surface area contributed by atoms with E-state index in [1.54, 1.807) is 45.2 Å². The van der Waals surface area contributed by atoms with Gasteiger partial charge in [0, 0.05) is 31.6 Å². The zero-order valence-corrected chi connectivity index (χ0v) is 17.9. The number of nitrogens with zero attached hydrogens (tertiary/aromatic N) is 1. The van der Waals surface area contributed by atoms with Gasteiger partial charge in [0.1, 0.15) is 0 Å². The number of carbonyl (C=O) groups is 1. The van der Waals surface area contributed by atoms with Crippen LogP contribution in [0.5, 0.6) is 0 Å². The van der Waals surface area contributed by atoms with E-state index in [9.17, 15) is 13.2 Å². The number of anilines is 2. The summed E-state index contributed by atoms with van der Waals surface area (Å²) in [5.74, 6) is -0.141. The third-order valence-electron chi connectivity index (χ3n) is 5.23. The molecule has 3 rings (SSSR count). The second-order valence-corrected chi connectivity index (χ2v) is 10.1. The molecule has 0 aliphatic carbocycles. The van der Waals surface area contributed by atoms with Gasteiger partial charge in [0.25, 0.3) is 0 Å². The lowest BCUT2D eigenvalue weighted by molar-refractivity contribution is -0.115. The van der Waals surface area contributed by atoms with Crippen LogP contribution in [0.4, 0.5) is 11.4 Å². The number of ether oxygens (including phenoxy) is 1. The van der Waals surface area contributed by atoms with Crippen molar-refractivity contribution in [2.45, 2.75) is 42.9 Å². The minimum atomic E-state index is -3.30. The molecule has 1 fully saturated rings. The number of rotatable bonds is 7. The first-order chi connectivity index (χ1) is 13.8. The van der Waals surface area contributed by atoms with Crippen molar-refractivity contribution in [3.8, 4) is 0 Å². The summed E-state index contributed by atoms with van der Waals surface area (Å²) in [6.07, 6.45) is 1.48. The number of methoxy groups -OCH3 is 1. The van der Waals surface area contributed by atoms with E-state index in [1.165, 1.54) is 0 Å². The second kappa shape index (κ2) is 8.97. The molecule has 1 heterocycles. The van der Waals surface area contributed by atoms with Gasteiger partial charge >= 0.3 is 0 Å². The Balaban J connectivity index is 1.57. The molecular formula is C22H28N2O4S. The molecule has 2 aromatic rings. The first-order valence-electron chi connectivity index (χ1n) is 9.80. The Morgan fingerprint density at radius 3 is 2.34 bits per heavy atom.